The van der Waals surface area contributed by atoms with Crippen molar-refractivity contribution in [2.24, 2.45) is 21.8 Å². The summed E-state index contributed by atoms with van der Waals surface area (Å²) in [6.07, 6.45) is 9.74. The SMILES string of the molecule is CCC(=O)NC1CCC(SCC2=NC(=O)C3C(F)=CC(OCC4CC4)=CC3=N2)CC1. The van der Waals surface area contributed by atoms with E-state index in [2.05, 4.69) is 15.3 Å². The average Bonchev–Trinajstić information content (AvgIpc) is 3.55. The summed E-state index contributed by atoms with van der Waals surface area (Å²) >= 11 is 1.73. The lowest BCUT2D eigenvalue weighted by molar-refractivity contribution is -0.121. The minimum Gasteiger partial charge on any atom is -0.493 e. The van der Waals surface area contributed by atoms with E-state index in [4.69, 9.17) is 4.74 Å². The Kier molecular flexibility index (Phi) is 6.71. The van der Waals surface area contributed by atoms with Crippen LogP contribution in [0.5, 0.6) is 0 Å². The maximum atomic E-state index is 14.5. The molecule has 0 aromatic heterocycles. The van der Waals surface area contributed by atoms with Gasteiger partial charge in [0, 0.05) is 29.9 Å². The molecular formula is C22H28FN3O3S. The summed E-state index contributed by atoms with van der Waals surface area (Å²) in [6.45, 7) is 2.44. The number of amidine groups is 1. The summed E-state index contributed by atoms with van der Waals surface area (Å²) in [4.78, 5) is 32.4. The van der Waals surface area contributed by atoms with Crippen LogP contribution < -0.4 is 5.32 Å². The van der Waals surface area contributed by atoms with Crippen LogP contribution >= 0.6 is 11.8 Å². The second-order valence-electron chi connectivity index (χ2n) is 8.37. The van der Waals surface area contributed by atoms with Crippen LogP contribution in [0.25, 0.3) is 0 Å². The molecule has 0 bridgehead atoms. The Morgan fingerprint density at radius 2 is 1.97 bits per heavy atom. The summed E-state index contributed by atoms with van der Waals surface area (Å²) in [5, 5.41) is 3.51. The van der Waals surface area contributed by atoms with Crippen molar-refractivity contribution in [1.82, 2.24) is 5.32 Å². The van der Waals surface area contributed by atoms with E-state index in [1.165, 1.54) is 6.08 Å². The van der Waals surface area contributed by atoms with Crippen LogP contribution in [0.15, 0.2) is 33.7 Å². The first kappa shape index (κ1) is 21.3. The van der Waals surface area contributed by atoms with E-state index in [1.54, 1.807) is 17.8 Å². The number of nitrogens with one attached hydrogen (secondary N) is 1. The third-order valence-corrected chi connectivity index (χ3v) is 7.25. The quantitative estimate of drug-likeness (QED) is 0.633. The van der Waals surface area contributed by atoms with Crippen molar-refractivity contribution in [2.75, 3.05) is 12.4 Å². The molecule has 2 amide bonds. The minimum atomic E-state index is -1.02. The Hall–Kier alpha value is -1.96. The van der Waals surface area contributed by atoms with Crippen LogP contribution in [-0.2, 0) is 14.3 Å². The zero-order chi connectivity index (χ0) is 21.1. The normalized spacial score (nSPS) is 28.6. The van der Waals surface area contributed by atoms with Crippen molar-refractivity contribution in [3.8, 4) is 0 Å². The fourth-order valence-electron chi connectivity index (χ4n) is 3.88. The first-order valence-electron chi connectivity index (χ1n) is 10.8. The lowest BCUT2D eigenvalue weighted by atomic mass is 9.94. The number of aliphatic imine (C=N–C) groups is 2. The van der Waals surface area contributed by atoms with Crippen molar-refractivity contribution in [1.29, 1.82) is 0 Å². The van der Waals surface area contributed by atoms with Crippen molar-refractivity contribution in [2.45, 2.75) is 63.2 Å². The van der Waals surface area contributed by atoms with Crippen molar-refractivity contribution < 1.29 is 18.7 Å². The van der Waals surface area contributed by atoms with Crippen molar-refractivity contribution >= 4 is 35.1 Å². The number of carbonyl (C=O) groups excluding carboxylic acids is 2. The number of hydrogen-bond donors (Lipinski definition) is 1. The predicted octanol–water partition coefficient (Wildman–Crippen LogP) is 3.73. The maximum Gasteiger partial charge on any atom is 0.263 e. The van der Waals surface area contributed by atoms with Gasteiger partial charge in [0.15, 0.2) is 0 Å². The van der Waals surface area contributed by atoms with Gasteiger partial charge in [-0.05, 0) is 44.4 Å². The Balaban J connectivity index is 1.31. The van der Waals surface area contributed by atoms with Crippen LogP contribution in [0.3, 0.4) is 0 Å². The van der Waals surface area contributed by atoms with Gasteiger partial charge in [-0.25, -0.2) is 9.38 Å². The summed E-state index contributed by atoms with van der Waals surface area (Å²) in [5.41, 5.74) is 0.391. The highest BCUT2D eigenvalue weighted by Gasteiger charge is 2.35. The van der Waals surface area contributed by atoms with Gasteiger partial charge in [-0.15, -0.1) is 0 Å². The molecule has 1 unspecified atom stereocenters. The molecule has 2 saturated carbocycles. The second kappa shape index (κ2) is 9.45. The first-order chi connectivity index (χ1) is 14.5. The summed E-state index contributed by atoms with van der Waals surface area (Å²) in [5.74, 6) is 0.0136. The largest absolute Gasteiger partial charge is 0.493 e. The lowest BCUT2D eigenvalue weighted by Gasteiger charge is -2.29. The molecule has 1 atom stereocenters. The summed E-state index contributed by atoms with van der Waals surface area (Å²) < 4.78 is 20.1. The molecule has 8 heteroatoms. The minimum absolute atomic E-state index is 0.105. The molecule has 0 aromatic carbocycles. The predicted molar refractivity (Wildman–Crippen MR) is 116 cm³/mol. The van der Waals surface area contributed by atoms with Gasteiger partial charge in [-0.3, -0.25) is 9.59 Å². The van der Waals surface area contributed by atoms with Crippen LogP contribution in [0, 0.1) is 11.8 Å². The maximum absolute atomic E-state index is 14.5. The van der Waals surface area contributed by atoms with E-state index in [1.807, 2.05) is 6.92 Å². The van der Waals surface area contributed by atoms with E-state index in [9.17, 15) is 14.0 Å². The summed E-state index contributed by atoms with van der Waals surface area (Å²) in [7, 11) is 0. The molecule has 1 aliphatic heterocycles. The molecule has 162 valence electrons. The van der Waals surface area contributed by atoms with Gasteiger partial charge >= 0.3 is 0 Å². The topological polar surface area (TPSA) is 80.1 Å². The van der Waals surface area contributed by atoms with Gasteiger partial charge in [0.25, 0.3) is 5.91 Å². The molecule has 0 aromatic rings. The molecule has 1 N–H and O–H groups in total. The number of nitrogens with zero attached hydrogens (tertiary/aromatic N) is 2. The third-order valence-electron chi connectivity index (χ3n) is 5.88. The van der Waals surface area contributed by atoms with Crippen LogP contribution in [0.4, 0.5) is 4.39 Å². The number of hydrogen-bond acceptors (Lipinski definition) is 5. The monoisotopic (exact) mass is 433 g/mol. The molecule has 3 aliphatic carbocycles. The van der Waals surface area contributed by atoms with E-state index in [0.29, 0.717) is 47.3 Å². The van der Waals surface area contributed by atoms with Gasteiger partial charge in [-0.2, -0.15) is 16.8 Å². The highest BCUT2D eigenvalue weighted by atomic mass is 32.2. The number of amides is 2. The van der Waals surface area contributed by atoms with Crippen LogP contribution in [0.2, 0.25) is 0 Å². The average molecular weight is 434 g/mol. The van der Waals surface area contributed by atoms with Gasteiger partial charge in [0.1, 0.15) is 23.3 Å². The molecule has 4 rings (SSSR count). The smallest absolute Gasteiger partial charge is 0.263 e. The molecule has 6 nitrogen and oxygen atoms in total. The molecular weight excluding hydrogens is 405 g/mol. The standard InChI is InChI=1S/C22H28FN3O3S/c1-2-20(27)24-14-5-7-16(8-6-14)30-12-19-25-18-10-15(29-11-13-3-4-13)9-17(23)21(18)22(28)26-19/h9-10,13-14,16,21H,2-8,11-12H2,1H3,(H,24,27). The number of allylic oxidation sites excluding steroid dienone is 2. The van der Waals surface area contributed by atoms with Gasteiger partial charge < -0.3 is 10.1 Å². The van der Waals surface area contributed by atoms with Gasteiger partial charge in [-0.1, -0.05) is 6.92 Å². The molecule has 4 aliphatic rings. The Morgan fingerprint density at radius 3 is 2.67 bits per heavy atom. The highest BCUT2D eigenvalue weighted by molar-refractivity contribution is 8.00. The fourth-order valence-corrected chi connectivity index (χ4v) is 5.00. The van der Waals surface area contributed by atoms with Crippen LogP contribution in [0.1, 0.15) is 51.9 Å². The van der Waals surface area contributed by atoms with Crippen molar-refractivity contribution in [3.63, 3.8) is 0 Å². The summed E-state index contributed by atoms with van der Waals surface area (Å²) in [6, 6.07) is 0.264. The number of halogens is 1. The van der Waals surface area contributed by atoms with E-state index in [0.717, 1.165) is 38.5 Å². The molecule has 2 fully saturated rings. The van der Waals surface area contributed by atoms with E-state index in [-0.39, 0.29) is 11.9 Å². The van der Waals surface area contributed by atoms with Gasteiger partial charge in [0.05, 0.1) is 18.1 Å². The molecule has 30 heavy (non-hydrogen) atoms. The van der Waals surface area contributed by atoms with E-state index < -0.39 is 17.7 Å². The van der Waals surface area contributed by atoms with Gasteiger partial charge in [0.2, 0.25) is 5.91 Å². The van der Waals surface area contributed by atoms with E-state index >= 15 is 0 Å². The second-order valence-corrected chi connectivity index (χ2v) is 9.66. The lowest BCUT2D eigenvalue weighted by Crippen LogP contribution is -2.37. The molecule has 1 heterocycles. The fraction of sp³-hybridized carbons (Fsp3) is 0.636. The third kappa shape index (κ3) is 5.39. The zero-order valence-corrected chi connectivity index (χ0v) is 18.0. The Morgan fingerprint density at radius 1 is 1.20 bits per heavy atom. The Labute approximate surface area is 180 Å². The molecule has 0 radical (unpaired) electrons. The molecule has 0 saturated heterocycles. The first-order valence-corrected chi connectivity index (χ1v) is 11.9. The Bertz CT molecular complexity index is 823. The highest BCUT2D eigenvalue weighted by Crippen LogP contribution is 2.33. The molecule has 0 spiro atoms. The van der Waals surface area contributed by atoms with Crippen molar-refractivity contribution in [3.05, 3.63) is 23.7 Å². The number of fused-ring (bicyclic) bond motifs is 1. The zero-order valence-electron chi connectivity index (χ0n) is 17.2. The van der Waals surface area contributed by atoms with Crippen LogP contribution in [-0.4, -0.2) is 47.0 Å². The number of carbonyl (C=O) groups is 2. The number of rotatable bonds is 8. The number of thioether (sulfide) groups is 1. The number of ether oxygens (including phenoxy) is 1.